The van der Waals surface area contributed by atoms with Crippen LogP contribution in [0.2, 0.25) is 0 Å². The average molecular weight is 285 g/mol. The predicted octanol–water partition coefficient (Wildman–Crippen LogP) is -0.180. The second kappa shape index (κ2) is 4.04. The summed E-state index contributed by atoms with van der Waals surface area (Å²) in [6.45, 7) is 0. The zero-order chi connectivity index (χ0) is 9.14. The van der Waals surface area contributed by atoms with Gasteiger partial charge in [0, 0.05) is 12.8 Å². The molecule has 0 spiro atoms. The Morgan fingerprint density at radius 1 is 1.83 bits per heavy atom. The van der Waals surface area contributed by atoms with E-state index < -0.39 is 12.2 Å². The molecular formula is C6H8INO4. The van der Waals surface area contributed by atoms with Gasteiger partial charge < -0.3 is 9.94 Å². The fourth-order valence-electron chi connectivity index (χ4n) is 0.892. The third-order valence-electron chi connectivity index (χ3n) is 1.44. The Hall–Kier alpha value is -0.370. The maximum Gasteiger partial charge on any atom is 0.342 e. The van der Waals surface area contributed by atoms with E-state index in [9.17, 15) is 9.59 Å². The van der Waals surface area contributed by atoms with E-state index in [1.54, 1.807) is 0 Å². The van der Waals surface area contributed by atoms with Crippen LogP contribution in [0.4, 0.5) is 0 Å². The molecule has 1 aliphatic rings. The summed E-state index contributed by atoms with van der Waals surface area (Å²) in [4.78, 5) is 26.2. The summed E-state index contributed by atoms with van der Waals surface area (Å²) in [5, 5.41) is 9.87. The van der Waals surface area contributed by atoms with Crippen molar-refractivity contribution in [2.45, 2.75) is 19.1 Å². The number of carbonyl (C=O) groups excluding carboxylic acids is 2. The van der Waals surface area contributed by atoms with Crippen LogP contribution >= 0.6 is 22.6 Å². The zero-order valence-corrected chi connectivity index (χ0v) is 8.35. The number of alkyl halides is 1. The van der Waals surface area contributed by atoms with E-state index in [0.717, 1.165) is 5.06 Å². The Balaban J connectivity index is 2.50. The smallest absolute Gasteiger partial charge is 0.342 e. The fourth-order valence-corrected chi connectivity index (χ4v) is 1.03. The second-order valence-corrected chi connectivity index (χ2v) is 3.10. The molecule has 0 aromatic carbocycles. The summed E-state index contributed by atoms with van der Waals surface area (Å²) in [5.41, 5.74) is 0. The van der Waals surface area contributed by atoms with E-state index in [4.69, 9.17) is 5.11 Å². The molecule has 0 aromatic rings. The van der Waals surface area contributed by atoms with Gasteiger partial charge in [0.15, 0.2) is 6.23 Å². The van der Waals surface area contributed by atoms with Crippen LogP contribution in [0.1, 0.15) is 12.8 Å². The Morgan fingerprint density at radius 3 is 2.92 bits per heavy atom. The van der Waals surface area contributed by atoms with Crippen molar-refractivity contribution in [3.8, 4) is 0 Å². The molecule has 68 valence electrons. The lowest BCUT2D eigenvalue weighted by Crippen LogP contribution is -2.35. The van der Waals surface area contributed by atoms with Crippen molar-refractivity contribution in [2.75, 3.05) is 4.43 Å². The number of carbonyl (C=O) groups is 2. The molecule has 1 atom stereocenters. The largest absolute Gasteiger partial charge is 0.370 e. The maximum atomic E-state index is 10.9. The van der Waals surface area contributed by atoms with Crippen molar-refractivity contribution in [3.05, 3.63) is 0 Å². The SMILES string of the molecule is O=C(CI)ON1C(=O)CCC1O. The lowest BCUT2D eigenvalue weighted by atomic mass is 10.4. The first kappa shape index (κ1) is 9.72. The molecule has 0 saturated carbocycles. The highest BCUT2D eigenvalue weighted by molar-refractivity contribution is 14.1. The van der Waals surface area contributed by atoms with E-state index >= 15 is 0 Å². The molecule has 1 fully saturated rings. The summed E-state index contributed by atoms with van der Waals surface area (Å²) in [6, 6.07) is 0. The minimum atomic E-state index is -0.968. The van der Waals surface area contributed by atoms with Crippen molar-refractivity contribution in [1.82, 2.24) is 5.06 Å². The highest BCUT2D eigenvalue weighted by Crippen LogP contribution is 2.16. The lowest BCUT2D eigenvalue weighted by Gasteiger charge is -2.17. The average Bonchev–Trinajstić information content (AvgIpc) is 2.35. The van der Waals surface area contributed by atoms with E-state index in [1.165, 1.54) is 0 Å². The Kier molecular flexibility index (Phi) is 3.27. The van der Waals surface area contributed by atoms with Gasteiger partial charge in [-0.05, 0) is 0 Å². The summed E-state index contributed by atoms with van der Waals surface area (Å²) >= 11 is 1.82. The normalized spacial score (nSPS) is 23.0. The van der Waals surface area contributed by atoms with Gasteiger partial charge in [-0.25, -0.2) is 4.79 Å². The van der Waals surface area contributed by atoms with Crippen LogP contribution in [0.25, 0.3) is 0 Å². The van der Waals surface area contributed by atoms with Gasteiger partial charge in [-0.1, -0.05) is 22.6 Å². The number of halogens is 1. The molecule has 0 aliphatic carbocycles. The van der Waals surface area contributed by atoms with Crippen LogP contribution in [-0.4, -0.2) is 32.7 Å². The van der Waals surface area contributed by atoms with Gasteiger partial charge in [0.05, 0.1) is 0 Å². The fraction of sp³-hybridized carbons (Fsp3) is 0.667. The van der Waals surface area contributed by atoms with Gasteiger partial charge >= 0.3 is 5.97 Å². The molecule has 1 amide bonds. The summed E-state index contributed by atoms with van der Waals surface area (Å²) in [7, 11) is 0. The van der Waals surface area contributed by atoms with Crippen molar-refractivity contribution >= 4 is 34.5 Å². The molecule has 5 nitrogen and oxygen atoms in total. The third-order valence-corrected chi connectivity index (χ3v) is 2.07. The minimum absolute atomic E-state index is 0.161. The summed E-state index contributed by atoms with van der Waals surface area (Å²) < 4.78 is 0.161. The predicted molar refractivity (Wildman–Crippen MR) is 47.1 cm³/mol. The number of rotatable bonds is 2. The molecule has 1 rings (SSSR count). The minimum Gasteiger partial charge on any atom is -0.370 e. The number of aliphatic hydroxyl groups excluding tert-OH is 1. The van der Waals surface area contributed by atoms with Crippen molar-refractivity contribution in [1.29, 1.82) is 0 Å². The van der Waals surface area contributed by atoms with Crippen LogP contribution < -0.4 is 0 Å². The van der Waals surface area contributed by atoms with Crippen LogP contribution in [0.3, 0.4) is 0 Å². The number of aliphatic hydroxyl groups is 1. The molecular weight excluding hydrogens is 277 g/mol. The number of amides is 1. The van der Waals surface area contributed by atoms with E-state index in [0.29, 0.717) is 6.42 Å². The highest BCUT2D eigenvalue weighted by Gasteiger charge is 2.32. The lowest BCUT2D eigenvalue weighted by molar-refractivity contribution is -0.218. The molecule has 6 heteroatoms. The second-order valence-electron chi connectivity index (χ2n) is 2.34. The Morgan fingerprint density at radius 2 is 2.50 bits per heavy atom. The number of hydroxylamine groups is 2. The van der Waals surface area contributed by atoms with Crippen molar-refractivity contribution in [2.24, 2.45) is 0 Å². The molecule has 0 radical (unpaired) electrons. The van der Waals surface area contributed by atoms with Gasteiger partial charge in [-0.2, -0.15) is 0 Å². The third kappa shape index (κ3) is 2.07. The van der Waals surface area contributed by atoms with Crippen molar-refractivity contribution in [3.63, 3.8) is 0 Å². The van der Waals surface area contributed by atoms with Gasteiger partial charge in [0.1, 0.15) is 4.43 Å². The standard InChI is InChI=1S/C6H8INO4/c7-3-6(11)12-8-4(9)1-2-5(8)10/h4,9H,1-3H2. The number of hydrogen-bond acceptors (Lipinski definition) is 4. The van der Waals surface area contributed by atoms with Crippen LogP contribution in [0.5, 0.6) is 0 Å². The molecule has 1 saturated heterocycles. The highest BCUT2D eigenvalue weighted by atomic mass is 127. The zero-order valence-electron chi connectivity index (χ0n) is 6.20. The summed E-state index contributed by atoms with van der Waals surface area (Å²) in [6.07, 6.45) is -0.410. The van der Waals surface area contributed by atoms with Crippen LogP contribution in [-0.2, 0) is 14.4 Å². The summed E-state index contributed by atoms with van der Waals surface area (Å²) in [5.74, 6) is -0.870. The van der Waals surface area contributed by atoms with E-state index in [2.05, 4.69) is 4.84 Å². The topological polar surface area (TPSA) is 66.8 Å². The van der Waals surface area contributed by atoms with Gasteiger partial charge in [-0.3, -0.25) is 4.79 Å². The number of nitrogens with zero attached hydrogens (tertiary/aromatic N) is 1. The van der Waals surface area contributed by atoms with E-state index in [-0.39, 0.29) is 16.8 Å². The first-order valence-electron chi connectivity index (χ1n) is 3.42. The van der Waals surface area contributed by atoms with Crippen LogP contribution in [0.15, 0.2) is 0 Å². The van der Waals surface area contributed by atoms with Crippen molar-refractivity contribution < 1.29 is 19.5 Å². The molecule has 12 heavy (non-hydrogen) atoms. The van der Waals surface area contributed by atoms with Crippen LogP contribution in [0, 0.1) is 0 Å². The Labute approximate surface area is 82.8 Å². The monoisotopic (exact) mass is 285 g/mol. The van der Waals surface area contributed by atoms with Gasteiger partial charge in [0.2, 0.25) is 0 Å². The first-order valence-corrected chi connectivity index (χ1v) is 4.94. The maximum absolute atomic E-state index is 10.9. The molecule has 1 N–H and O–H groups in total. The van der Waals surface area contributed by atoms with Gasteiger partial charge in [0.25, 0.3) is 5.91 Å². The molecule has 0 aromatic heterocycles. The Bertz CT molecular complexity index is 208. The molecule has 0 bridgehead atoms. The molecule has 1 unspecified atom stereocenters. The quantitative estimate of drug-likeness (QED) is 0.564. The van der Waals surface area contributed by atoms with Gasteiger partial charge in [-0.15, -0.1) is 5.06 Å². The van der Waals surface area contributed by atoms with E-state index in [1.807, 2.05) is 22.6 Å². The molecule has 1 aliphatic heterocycles. The number of hydrogen-bond donors (Lipinski definition) is 1. The molecule has 1 heterocycles. The first-order chi connectivity index (χ1) is 5.65.